The Morgan fingerprint density at radius 1 is 1.04 bits per heavy atom. The molecule has 0 aliphatic carbocycles. The number of carbonyl (C=O) groups is 1. The minimum atomic E-state index is -4.21. The number of piperidine rings is 1. The van der Waals surface area contributed by atoms with Crippen molar-refractivity contribution >= 4 is 11.9 Å². The average Bonchev–Trinajstić information content (AvgIpc) is 2.62. The van der Waals surface area contributed by atoms with Crippen LogP contribution in [0, 0.1) is 0 Å². The van der Waals surface area contributed by atoms with E-state index in [0.29, 0.717) is 32.1 Å². The molecule has 0 aromatic carbocycles. The molecule has 2 saturated heterocycles. The number of alkyl halides is 3. The van der Waals surface area contributed by atoms with Gasteiger partial charge in [-0.05, 0) is 26.2 Å². The first-order chi connectivity index (χ1) is 11.8. The molecule has 1 unspecified atom stereocenters. The second-order valence-electron chi connectivity index (χ2n) is 6.58. The number of nitrogens with zero attached hydrogens (tertiary/aromatic N) is 4. The fourth-order valence-electron chi connectivity index (χ4n) is 3.27. The standard InChI is InChI=1S/C16H28F3N5O/c1-13(16(17,18)19)22-8-10-24(11-9-22)15(20-2)21-12-14(25)23-6-4-3-5-7-23/h13H,3-12H2,1-2H3,(H,20,21). The lowest BCUT2D eigenvalue weighted by molar-refractivity contribution is -0.181. The molecular weight excluding hydrogens is 335 g/mol. The Morgan fingerprint density at radius 3 is 2.16 bits per heavy atom. The van der Waals surface area contributed by atoms with Crippen LogP contribution in [0.3, 0.4) is 0 Å². The summed E-state index contributed by atoms with van der Waals surface area (Å²) in [5, 5.41) is 3.05. The van der Waals surface area contributed by atoms with Gasteiger partial charge in [0.05, 0.1) is 6.54 Å². The largest absolute Gasteiger partial charge is 0.403 e. The van der Waals surface area contributed by atoms with Crippen LogP contribution in [0.1, 0.15) is 26.2 Å². The van der Waals surface area contributed by atoms with Crippen LogP contribution in [0.4, 0.5) is 13.2 Å². The summed E-state index contributed by atoms with van der Waals surface area (Å²) in [5.41, 5.74) is 0. The summed E-state index contributed by atoms with van der Waals surface area (Å²) in [7, 11) is 1.62. The molecule has 1 amide bonds. The van der Waals surface area contributed by atoms with Gasteiger partial charge in [-0.15, -0.1) is 0 Å². The van der Waals surface area contributed by atoms with Gasteiger partial charge in [0, 0.05) is 46.3 Å². The molecule has 0 aromatic rings. The Balaban J connectivity index is 1.79. The van der Waals surface area contributed by atoms with Gasteiger partial charge in [0.1, 0.15) is 6.04 Å². The third-order valence-electron chi connectivity index (χ3n) is 4.95. The van der Waals surface area contributed by atoms with Crippen LogP contribution >= 0.6 is 0 Å². The Morgan fingerprint density at radius 2 is 1.64 bits per heavy atom. The summed E-state index contributed by atoms with van der Waals surface area (Å²) < 4.78 is 38.4. The highest BCUT2D eigenvalue weighted by Crippen LogP contribution is 2.25. The number of hydrogen-bond donors (Lipinski definition) is 1. The van der Waals surface area contributed by atoms with Gasteiger partial charge in [-0.2, -0.15) is 13.2 Å². The van der Waals surface area contributed by atoms with E-state index in [2.05, 4.69) is 10.3 Å². The molecule has 2 rings (SSSR count). The molecule has 2 heterocycles. The van der Waals surface area contributed by atoms with Crippen molar-refractivity contribution in [2.45, 2.75) is 38.4 Å². The van der Waals surface area contributed by atoms with Crippen molar-refractivity contribution < 1.29 is 18.0 Å². The minimum Gasteiger partial charge on any atom is -0.347 e. The van der Waals surface area contributed by atoms with Crippen LogP contribution in [0.25, 0.3) is 0 Å². The number of likely N-dealkylation sites (tertiary alicyclic amines) is 1. The minimum absolute atomic E-state index is 0.0465. The second-order valence-corrected chi connectivity index (χ2v) is 6.58. The van der Waals surface area contributed by atoms with Crippen LogP contribution < -0.4 is 5.32 Å². The molecule has 2 fully saturated rings. The van der Waals surface area contributed by atoms with Gasteiger partial charge < -0.3 is 15.1 Å². The van der Waals surface area contributed by atoms with Crippen LogP contribution in [-0.2, 0) is 4.79 Å². The van der Waals surface area contributed by atoms with E-state index in [4.69, 9.17) is 0 Å². The first-order valence-corrected chi connectivity index (χ1v) is 8.87. The Labute approximate surface area is 147 Å². The highest BCUT2D eigenvalue weighted by molar-refractivity contribution is 5.86. The Bertz CT molecular complexity index is 469. The number of aliphatic imine (C=N–C) groups is 1. The predicted octanol–water partition coefficient (Wildman–Crippen LogP) is 1.14. The number of carbonyl (C=O) groups excluding carboxylic acids is 1. The third-order valence-corrected chi connectivity index (χ3v) is 4.95. The summed E-state index contributed by atoms with van der Waals surface area (Å²) in [4.78, 5) is 21.6. The topological polar surface area (TPSA) is 51.2 Å². The van der Waals surface area contributed by atoms with E-state index in [9.17, 15) is 18.0 Å². The van der Waals surface area contributed by atoms with Crippen LogP contribution in [0.15, 0.2) is 4.99 Å². The first kappa shape index (κ1) is 19.8. The van der Waals surface area contributed by atoms with E-state index in [-0.39, 0.29) is 12.5 Å². The molecule has 9 heteroatoms. The molecule has 1 N–H and O–H groups in total. The molecule has 0 bridgehead atoms. The number of amides is 1. The molecule has 0 aromatic heterocycles. The number of halogens is 3. The highest BCUT2D eigenvalue weighted by Gasteiger charge is 2.41. The van der Waals surface area contributed by atoms with E-state index in [0.717, 1.165) is 25.9 Å². The van der Waals surface area contributed by atoms with Gasteiger partial charge >= 0.3 is 6.18 Å². The van der Waals surface area contributed by atoms with E-state index in [1.807, 2.05) is 9.80 Å². The summed E-state index contributed by atoms with van der Waals surface area (Å²) in [6, 6.07) is -1.44. The van der Waals surface area contributed by atoms with Crippen LogP contribution in [-0.4, -0.2) is 91.6 Å². The fraction of sp³-hybridized carbons (Fsp3) is 0.875. The summed E-state index contributed by atoms with van der Waals surface area (Å²) in [6.45, 7) is 4.52. The zero-order valence-electron chi connectivity index (χ0n) is 15.0. The lowest BCUT2D eigenvalue weighted by Crippen LogP contribution is -2.57. The van der Waals surface area contributed by atoms with E-state index in [1.165, 1.54) is 18.2 Å². The normalized spacial score (nSPS) is 22.0. The zero-order valence-corrected chi connectivity index (χ0v) is 15.0. The Kier molecular flexibility index (Phi) is 6.92. The fourth-order valence-corrected chi connectivity index (χ4v) is 3.27. The molecule has 0 radical (unpaired) electrons. The summed E-state index contributed by atoms with van der Waals surface area (Å²) in [5.74, 6) is 0.620. The van der Waals surface area contributed by atoms with E-state index < -0.39 is 12.2 Å². The third kappa shape index (κ3) is 5.49. The predicted molar refractivity (Wildman–Crippen MR) is 90.5 cm³/mol. The molecule has 1 atom stereocenters. The van der Waals surface area contributed by atoms with E-state index >= 15 is 0 Å². The number of nitrogens with one attached hydrogen (secondary N) is 1. The van der Waals surface area contributed by atoms with Crippen molar-refractivity contribution in [3.8, 4) is 0 Å². The van der Waals surface area contributed by atoms with Gasteiger partial charge in [-0.1, -0.05) is 0 Å². The maximum absolute atomic E-state index is 12.8. The molecule has 0 spiro atoms. The second kappa shape index (κ2) is 8.73. The molecular formula is C16H28F3N5O. The molecule has 144 valence electrons. The maximum Gasteiger partial charge on any atom is 0.403 e. The average molecular weight is 363 g/mol. The summed E-state index contributed by atoms with van der Waals surface area (Å²) in [6.07, 6.45) is -0.956. The van der Waals surface area contributed by atoms with Crippen LogP contribution in [0.5, 0.6) is 0 Å². The number of hydrogen-bond acceptors (Lipinski definition) is 3. The molecule has 2 aliphatic heterocycles. The number of piperazine rings is 1. The van der Waals surface area contributed by atoms with Crippen molar-refractivity contribution in [2.75, 3.05) is 52.9 Å². The van der Waals surface area contributed by atoms with Gasteiger partial charge in [-0.3, -0.25) is 14.7 Å². The van der Waals surface area contributed by atoms with Gasteiger partial charge in [0.2, 0.25) is 5.91 Å². The monoisotopic (exact) mass is 363 g/mol. The van der Waals surface area contributed by atoms with Gasteiger partial charge in [0.15, 0.2) is 5.96 Å². The van der Waals surface area contributed by atoms with Crippen LogP contribution in [0.2, 0.25) is 0 Å². The number of rotatable bonds is 3. The molecule has 25 heavy (non-hydrogen) atoms. The quantitative estimate of drug-likeness (QED) is 0.604. The Hall–Kier alpha value is -1.51. The highest BCUT2D eigenvalue weighted by atomic mass is 19.4. The number of guanidine groups is 1. The van der Waals surface area contributed by atoms with Gasteiger partial charge in [-0.25, -0.2) is 0 Å². The lowest BCUT2D eigenvalue weighted by Gasteiger charge is -2.39. The maximum atomic E-state index is 12.8. The molecule has 6 nitrogen and oxygen atoms in total. The SMILES string of the molecule is CN=C(NCC(=O)N1CCCCC1)N1CCN(C(C)C(F)(F)F)CC1. The zero-order chi connectivity index (χ0) is 18.4. The van der Waals surface area contributed by atoms with E-state index in [1.54, 1.807) is 7.05 Å². The molecule has 2 aliphatic rings. The lowest BCUT2D eigenvalue weighted by atomic mass is 10.1. The smallest absolute Gasteiger partial charge is 0.347 e. The molecule has 0 saturated carbocycles. The van der Waals surface area contributed by atoms with Crippen molar-refractivity contribution in [3.63, 3.8) is 0 Å². The van der Waals surface area contributed by atoms with Crippen molar-refractivity contribution in [3.05, 3.63) is 0 Å². The van der Waals surface area contributed by atoms with Crippen molar-refractivity contribution in [1.29, 1.82) is 0 Å². The van der Waals surface area contributed by atoms with Crippen molar-refractivity contribution in [1.82, 2.24) is 20.0 Å². The van der Waals surface area contributed by atoms with Gasteiger partial charge in [0.25, 0.3) is 0 Å². The van der Waals surface area contributed by atoms with Crippen molar-refractivity contribution in [2.24, 2.45) is 4.99 Å². The summed E-state index contributed by atoms with van der Waals surface area (Å²) >= 11 is 0. The first-order valence-electron chi connectivity index (χ1n) is 8.87.